The summed E-state index contributed by atoms with van der Waals surface area (Å²) in [6.07, 6.45) is 0. The van der Waals surface area contributed by atoms with Gasteiger partial charge < -0.3 is 14.4 Å². The first kappa shape index (κ1) is 26.5. The Morgan fingerprint density at radius 3 is 1.71 bits per heavy atom. The Bertz CT molecular complexity index is 2790. The Morgan fingerprint density at radius 1 is 0.306 bits per heavy atom. The molecule has 9 aromatic rings. The van der Waals surface area contributed by atoms with Crippen LogP contribution in [-0.4, -0.2) is 4.57 Å². The molecule has 11 rings (SSSR count). The van der Waals surface area contributed by atoms with E-state index in [0.717, 1.165) is 28.4 Å². The smallest absolute Gasteiger partial charge is 0.0782 e. The number of rotatable bonds is 2. The number of hydrogen-bond donors (Lipinski definition) is 0. The number of anilines is 6. The van der Waals surface area contributed by atoms with E-state index in [9.17, 15) is 0 Å². The maximum absolute atomic E-state index is 2.50. The summed E-state index contributed by atoms with van der Waals surface area (Å²) < 4.78 is 2.40. The van der Waals surface area contributed by atoms with Crippen molar-refractivity contribution in [2.45, 2.75) is 0 Å². The first-order valence-electron chi connectivity index (χ1n) is 16.9. The molecule has 0 atom stereocenters. The van der Waals surface area contributed by atoms with E-state index in [0.29, 0.717) is 0 Å². The molecular formula is C46H29N3. The number of benzene rings is 8. The zero-order valence-corrected chi connectivity index (χ0v) is 26.6. The zero-order chi connectivity index (χ0) is 32.1. The van der Waals surface area contributed by atoms with Gasteiger partial charge in [-0.05, 0) is 88.6 Å². The van der Waals surface area contributed by atoms with E-state index in [1.807, 2.05) is 0 Å². The van der Waals surface area contributed by atoms with E-state index < -0.39 is 0 Å². The normalized spacial score (nSPS) is 12.8. The third-order valence-corrected chi connectivity index (χ3v) is 10.4. The predicted octanol–water partition coefficient (Wildman–Crippen LogP) is 12.8. The number of nitrogens with zero attached hydrogens (tertiary/aromatic N) is 3. The molecule has 0 bridgehead atoms. The second-order valence-electron chi connectivity index (χ2n) is 13.0. The van der Waals surface area contributed by atoms with Crippen molar-refractivity contribution >= 4 is 66.7 Å². The Labute approximate surface area is 284 Å². The fraction of sp³-hybridized carbons (Fsp3) is 0. The van der Waals surface area contributed by atoms with Crippen LogP contribution in [0.3, 0.4) is 0 Å². The molecule has 0 saturated heterocycles. The van der Waals surface area contributed by atoms with Crippen molar-refractivity contribution in [2.24, 2.45) is 0 Å². The molecular weight excluding hydrogens is 595 g/mol. The molecule has 3 heterocycles. The van der Waals surface area contributed by atoms with Crippen molar-refractivity contribution in [1.82, 2.24) is 4.57 Å². The van der Waals surface area contributed by atoms with E-state index in [1.54, 1.807) is 0 Å². The van der Waals surface area contributed by atoms with Gasteiger partial charge in [0.1, 0.15) is 0 Å². The van der Waals surface area contributed by atoms with Gasteiger partial charge in [0.15, 0.2) is 0 Å². The Kier molecular flexibility index (Phi) is 5.38. The zero-order valence-electron chi connectivity index (χ0n) is 26.6. The fourth-order valence-electron chi connectivity index (χ4n) is 8.32. The highest BCUT2D eigenvalue weighted by molar-refractivity contribution is 6.15. The van der Waals surface area contributed by atoms with E-state index in [1.165, 1.54) is 66.2 Å². The first-order chi connectivity index (χ1) is 24.3. The largest absolute Gasteiger partial charge is 0.309 e. The van der Waals surface area contributed by atoms with Crippen molar-refractivity contribution in [1.29, 1.82) is 0 Å². The van der Waals surface area contributed by atoms with E-state index >= 15 is 0 Å². The number of para-hydroxylation sites is 6. The molecule has 0 N–H and O–H groups in total. The van der Waals surface area contributed by atoms with Crippen molar-refractivity contribution in [3.05, 3.63) is 176 Å². The lowest BCUT2D eigenvalue weighted by molar-refractivity contribution is 1.16. The molecule has 2 aliphatic rings. The number of hydrogen-bond acceptors (Lipinski definition) is 2. The molecule has 0 spiro atoms. The van der Waals surface area contributed by atoms with Crippen LogP contribution < -0.4 is 9.80 Å². The van der Waals surface area contributed by atoms with Gasteiger partial charge in [-0.25, -0.2) is 0 Å². The molecule has 228 valence electrons. The topological polar surface area (TPSA) is 11.4 Å². The van der Waals surface area contributed by atoms with E-state index in [2.05, 4.69) is 190 Å². The summed E-state index contributed by atoms with van der Waals surface area (Å²) in [5.74, 6) is 0. The Morgan fingerprint density at radius 2 is 0.898 bits per heavy atom. The monoisotopic (exact) mass is 623 g/mol. The van der Waals surface area contributed by atoms with Gasteiger partial charge in [-0.1, -0.05) is 109 Å². The maximum Gasteiger partial charge on any atom is 0.0782 e. The molecule has 3 nitrogen and oxygen atoms in total. The van der Waals surface area contributed by atoms with Gasteiger partial charge in [-0.15, -0.1) is 0 Å². The van der Waals surface area contributed by atoms with Gasteiger partial charge in [0.25, 0.3) is 0 Å². The second kappa shape index (κ2) is 9.96. The van der Waals surface area contributed by atoms with Crippen LogP contribution in [-0.2, 0) is 0 Å². The average Bonchev–Trinajstić information content (AvgIpc) is 3.44. The molecule has 2 aliphatic heterocycles. The van der Waals surface area contributed by atoms with Gasteiger partial charge in [-0.3, -0.25) is 0 Å². The van der Waals surface area contributed by atoms with E-state index in [4.69, 9.17) is 0 Å². The predicted molar refractivity (Wildman–Crippen MR) is 206 cm³/mol. The summed E-state index contributed by atoms with van der Waals surface area (Å²) in [5, 5.41) is 5.00. The molecule has 0 amide bonds. The molecule has 0 aliphatic carbocycles. The third-order valence-electron chi connectivity index (χ3n) is 10.4. The van der Waals surface area contributed by atoms with Crippen molar-refractivity contribution in [2.75, 3.05) is 9.80 Å². The minimum Gasteiger partial charge on any atom is -0.309 e. The lowest BCUT2D eigenvalue weighted by Gasteiger charge is -2.41. The van der Waals surface area contributed by atoms with Crippen LogP contribution in [0.15, 0.2) is 176 Å². The summed E-state index contributed by atoms with van der Waals surface area (Å²) in [6, 6.07) is 64.4. The minimum atomic E-state index is 1.13. The van der Waals surface area contributed by atoms with Crippen molar-refractivity contribution < 1.29 is 0 Å². The minimum absolute atomic E-state index is 1.13. The molecule has 0 saturated carbocycles. The number of aromatic nitrogens is 1. The molecule has 0 radical (unpaired) electrons. The highest BCUT2D eigenvalue weighted by atomic mass is 15.3. The van der Waals surface area contributed by atoms with Crippen LogP contribution in [0.25, 0.3) is 60.5 Å². The first-order valence-corrected chi connectivity index (χ1v) is 16.9. The summed E-state index contributed by atoms with van der Waals surface area (Å²) in [6.45, 7) is 0. The highest BCUT2D eigenvalue weighted by Gasteiger charge is 2.36. The van der Waals surface area contributed by atoms with Gasteiger partial charge in [0, 0.05) is 33.3 Å². The molecule has 1 aromatic heterocycles. The quantitative estimate of drug-likeness (QED) is 0.190. The molecule has 49 heavy (non-hydrogen) atoms. The second-order valence-corrected chi connectivity index (χ2v) is 13.0. The summed E-state index contributed by atoms with van der Waals surface area (Å²) in [5.41, 5.74) is 15.5. The summed E-state index contributed by atoms with van der Waals surface area (Å²) >= 11 is 0. The van der Waals surface area contributed by atoms with Crippen LogP contribution >= 0.6 is 0 Å². The standard InChI is InChI=1S/C46H29N3/c1-2-15-32(16-3-1)47-40-20-8-6-17-34(40)36-26-25-33(29-45(36)47)48-42-22-10-11-23-43(42)49-41-21-9-7-18-35(41)38-27-30-13-4-5-14-31(30)28-39(38)37-19-12-24-44(48)46(37)49/h1-29H. The van der Waals surface area contributed by atoms with Gasteiger partial charge in [0.05, 0.1) is 39.5 Å². The van der Waals surface area contributed by atoms with Crippen LogP contribution in [0.2, 0.25) is 0 Å². The van der Waals surface area contributed by atoms with Crippen LogP contribution in [0.4, 0.5) is 34.1 Å². The molecule has 0 fully saturated rings. The third kappa shape index (κ3) is 3.67. The van der Waals surface area contributed by atoms with Crippen LogP contribution in [0, 0.1) is 0 Å². The molecule has 0 unspecified atom stereocenters. The van der Waals surface area contributed by atoms with Gasteiger partial charge in [0.2, 0.25) is 0 Å². The maximum atomic E-state index is 2.50. The lowest BCUT2D eigenvalue weighted by Crippen LogP contribution is -2.24. The highest BCUT2D eigenvalue weighted by Crippen LogP contribution is 2.61. The Hall–Kier alpha value is -6.58. The number of fused-ring (bicyclic) bond motifs is 11. The SMILES string of the molecule is c1ccc(-n2c3ccccc3c3ccc(N4c5ccccc5N5c6ccccc6-c6cc7ccccc7cc6-c6cccc4c65)cc32)cc1. The van der Waals surface area contributed by atoms with Gasteiger partial charge in [-0.2, -0.15) is 0 Å². The molecule has 3 heteroatoms. The summed E-state index contributed by atoms with van der Waals surface area (Å²) in [4.78, 5) is 4.96. The van der Waals surface area contributed by atoms with Crippen molar-refractivity contribution in [3.8, 4) is 27.9 Å². The van der Waals surface area contributed by atoms with Crippen LogP contribution in [0.5, 0.6) is 0 Å². The fourth-order valence-corrected chi connectivity index (χ4v) is 8.32. The van der Waals surface area contributed by atoms with E-state index in [-0.39, 0.29) is 0 Å². The van der Waals surface area contributed by atoms with Gasteiger partial charge >= 0.3 is 0 Å². The average molecular weight is 624 g/mol. The Balaban J connectivity index is 1.23. The van der Waals surface area contributed by atoms with Crippen LogP contribution in [0.1, 0.15) is 0 Å². The lowest BCUT2D eigenvalue weighted by atomic mass is 9.91. The molecule has 8 aromatic carbocycles. The summed E-state index contributed by atoms with van der Waals surface area (Å²) in [7, 11) is 0. The van der Waals surface area contributed by atoms with Crippen molar-refractivity contribution in [3.63, 3.8) is 0 Å².